The van der Waals surface area contributed by atoms with E-state index in [1.54, 1.807) is 12.3 Å². The molecule has 1 saturated heterocycles. The Morgan fingerprint density at radius 3 is 2.63 bits per heavy atom. The van der Waals surface area contributed by atoms with Crippen molar-refractivity contribution < 1.29 is 4.42 Å². The first-order valence-electron chi connectivity index (χ1n) is 6.14. The van der Waals surface area contributed by atoms with Gasteiger partial charge in [0.2, 0.25) is 17.1 Å². The van der Waals surface area contributed by atoms with Crippen LogP contribution >= 0.6 is 27.5 Å². The maximum Gasteiger partial charge on any atom is 0.230 e. The molecule has 0 unspecified atom stereocenters. The highest BCUT2D eigenvalue weighted by molar-refractivity contribution is 9.10. The molecule has 0 saturated carbocycles. The quantitative estimate of drug-likeness (QED) is 0.835. The summed E-state index contributed by atoms with van der Waals surface area (Å²) < 4.78 is 6.18. The smallest absolute Gasteiger partial charge is 0.230 e. The van der Waals surface area contributed by atoms with Crippen LogP contribution in [0.15, 0.2) is 21.2 Å². The van der Waals surface area contributed by atoms with Crippen LogP contribution in [-0.4, -0.2) is 28.0 Å². The lowest BCUT2D eigenvalue weighted by atomic mass is 10.1. The number of hydrogen-bond acceptors (Lipinski definition) is 5. The van der Waals surface area contributed by atoms with Crippen molar-refractivity contribution in [2.75, 3.05) is 18.0 Å². The van der Waals surface area contributed by atoms with Gasteiger partial charge < -0.3 is 9.32 Å². The summed E-state index contributed by atoms with van der Waals surface area (Å²) >= 11 is 9.39. The average molecular weight is 344 g/mol. The first-order valence-corrected chi connectivity index (χ1v) is 7.31. The topological polar surface area (TPSA) is 55.1 Å². The predicted octanol–water partition coefficient (Wildman–Crippen LogP) is 3.54. The molecular weight excluding hydrogens is 332 g/mol. The fourth-order valence-electron chi connectivity index (χ4n) is 2.13. The highest BCUT2D eigenvalue weighted by Crippen LogP contribution is 2.28. The van der Waals surface area contributed by atoms with Crippen molar-refractivity contribution in [1.82, 2.24) is 15.0 Å². The predicted molar refractivity (Wildman–Crippen MR) is 76.3 cm³/mol. The van der Waals surface area contributed by atoms with E-state index in [1.165, 1.54) is 6.42 Å². The monoisotopic (exact) mass is 342 g/mol. The average Bonchev–Trinajstić information content (AvgIpc) is 2.85. The molecule has 100 valence electrons. The van der Waals surface area contributed by atoms with Gasteiger partial charge in [0.25, 0.3) is 0 Å². The van der Waals surface area contributed by atoms with E-state index in [2.05, 4.69) is 35.8 Å². The summed E-state index contributed by atoms with van der Waals surface area (Å²) in [6.07, 6.45) is 5.15. The van der Waals surface area contributed by atoms with E-state index in [1.807, 2.05) is 0 Å². The number of anilines is 1. The highest BCUT2D eigenvalue weighted by Gasteiger charge is 2.18. The molecule has 0 spiro atoms. The second-order valence-corrected chi connectivity index (χ2v) is 5.57. The van der Waals surface area contributed by atoms with Gasteiger partial charge in [-0.05, 0) is 52.9 Å². The summed E-state index contributed by atoms with van der Waals surface area (Å²) in [7, 11) is 0. The molecule has 19 heavy (non-hydrogen) atoms. The molecule has 3 rings (SSSR count). The minimum absolute atomic E-state index is 0.189. The van der Waals surface area contributed by atoms with E-state index in [0.717, 1.165) is 30.4 Å². The van der Waals surface area contributed by atoms with Crippen molar-refractivity contribution >= 4 is 33.5 Å². The normalized spacial score (nSPS) is 15.8. The lowest BCUT2D eigenvalue weighted by Crippen LogP contribution is -2.31. The minimum atomic E-state index is 0.189. The molecule has 2 aromatic rings. The number of piperidine rings is 1. The summed E-state index contributed by atoms with van der Waals surface area (Å²) in [5.41, 5.74) is 0. The van der Waals surface area contributed by atoms with Crippen molar-refractivity contribution in [1.29, 1.82) is 0 Å². The molecule has 2 aromatic heterocycles. The molecule has 1 fully saturated rings. The summed E-state index contributed by atoms with van der Waals surface area (Å²) in [6.45, 7) is 1.91. The largest absolute Gasteiger partial charge is 0.460 e. The molecule has 0 N–H and O–H groups in total. The second-order valence-electron chi connectivity index (χ2n) is 4.37. The van der Waals surface area contributed by atoms with Crippen molar-refractivity contribution in [3.05, 3.63) is 22.1 Å². The fourth-order valence-corrected chi connectivity index (χ4v) is 2.66. The lowest BCUT2D eigenvalue weighted by Gasteiger charge is -2.26. The Labute approximate surface area is 124 Å². The Morgan fingerprint density at radius 2 is 1.95 bits per heavy atom. The van der Waals surface area contributed by atoms with E-state index in [-0.39, 0.29) is 5.28 Å². The molecular formula is C12H12BrClN4O. The van der Waals surface area contributed by atoms with Gasteiger partial charge in [-0.15, -0.1) is 0 Å². The Morgan fingerprint density at radius 1 is 1.16 bits per heavy atom. The van der Waals surface area contributed by atoms with Gasteiger partial charge in [0.1, 0.15) is 0 Å². The van der Waals surface area contributed by atoms with Crippen molar-refractivity contribution in [2.24, 2.45) is 0 Å². The molecule has 7 heteroatoms. The third kappa shape index (κ3) is 2.74. The van der Waals surface area contributed by atoms with Gasteiger partial charge in [0, 0.05) is 13.1 Å². The van der Waals surface area contributed by atoms with Gasteiger partial charge in [-0.2, -0.15) is 15.0 Å². The van der Waals surface area contributed by atoms with Gasteiger partial charge in [-0.3, -0.25) is 0 Å². The first-order chi connectivity index (χ1) is 9.24. The second kappa shape index (κ2) is 5.46. The van der Waals surface area contributed by atoms with Crippen LogP contribution in [0.1, 0.15) is 19.3 Å². The number of halogens is 2. The van der Waals surface area contributed by atoms with E-state index in [9.17, 15) is 0 Å². The van der Waals surface area contributed by atoms with Crippen LogP contribution in [0.25, 0.3) is 11.6 Å². The zero-order valence-corrected chi connectivity index (χ0v) is 12.5. The third-order valence-electron chi connectivity index (χ3n) is 3.06. The summed E-state index contributed by atoms with van der Waals surface area (Å²) in [5.74, 6) is 1.65. The SMILES string of the molecule is Clc1nc(-c2occc2Br)nc(N2CCCCC2)n1. The van der Waals surface area contributed by atoms with E-state index in [4.69, 9.17) is 16.0 Å². The third-order valence-corrected chi connectivity index (χ3v) is 3.85. The van der Waals surface area contributed by atoms with Gasteiger partial charge in [0.15, 0.2) is 5.76 Å². The number of furan rings is 1. The molecule has 0 atom stereocenters. The molecule has 0 amide bonds. The first kappa shape index (κ1) is 12.9. The van der Waals surface area contributed by atoms with E-state index >= 15 is 0 Å². The molecule has 0 aromatic carbocycles. The zero-order chi connectivity index (χ0) is 13.2. The van der Waals surface area contributed by atoms with E-state index < -0.39 is 0 Å². The minimum Gasteiger partial charge on any atom is -0.460 e. The molecule has 0 radical (unpaired) electrons. The maximum atomic E-state index is 5.99. The Bertz CT molecular complexity index is 583. The van der Waals surface area contributed by atoms with Crippen LogP contribution in [0.4, 0.5) is 5.95 Å². The van der Waals surface area contributed by atoms with Crippen molar-refractivity contribution in [3.8, 4) is 11.6 Å². The zero-order valence-electron chi connectivity index (χ0n) is 10.1. The van der Waals surface area contributed by atoms with Crippen LogP contribution < -0.4 is 4.90 Å². The van der Waals surface area contributed by atoms with Crippen LogP contribution in [0, 0.1) is 0 Å². The summed E-state index contributed by atoms with van der Waals surface area (Å²) in [5, 5.41) is 0.189. The van der Waals surface area contributed by atoms with Crippen molar-refractivity contribution in [2.45, 2.75) is 19.3 Å². The van der Waals surface area contributed by atoms with Crippen molar-refractivity contribution in [3.63, 3.8) is 0 Å². The molecule has 3 heterocycles. The number of hydrogen-bond donors (Lipinski definition) is 0. The Kier molecular flexibility index (Phi) is 3.70. The van der Waals surface area contributed by atoms with Gasteiger partial charge in [-0.25, -0.2) is 0 Å². The van der Waals surface area contributed by atoms with Gasteiger partial charge in [-0.1, -0.05) is 0 Å². The highest BCUT2D eigenvalue weighted by atomic mass is 79.9. The van der Waals surface area contributed by atoms with Gasteiger partial charge in [0.05, 0.1) is 10.7 Å². The Hall–Kier alpha value is -1.14. The Balaban J connectivity index is 1.98. The number of aromatic nitrogens is 3. The summed E-state index contributed by atoms with van der Waals surface area (Å²) in [6, 6.07) is 1.80. The van der Waals surface area contributed by atoms with E-state index in [0.29, 0.717) is 17.5 Å². The molecule has 5 nitrogen and oxygen atoms in total. The van der Waals surface area contributed by atoms with Crippen LogP contribution in [0.2, 0.25) is 5.28 Å². The van der Waals surface area contributed by atoms with Crippen LogP contribution in [-0.2, 0) is 0 Å². The molecule has 1 aliphatic rings. The van der Waals surface area contributed by atoms with Gasteiger partial charge >= 0.3 is 0 Å². The molecule has 0 aliphatic carbocycles. The summed E-state index contributed by atoms with van der Waals surface area (Å²) in [4.78, 5) is 14.9. The molecule has 0 bridgehead atoms. The number of nitrogens with zero attached hydrogens (tertiary/aromatic N) is 4. The van der Waals surface area contributed by atoms with Crippen LogP contribution in [0.5, 0.6) is 0 Å². The fraction of sp³-hybridized carbons (Fsp3) is 0.417. The molecule has 1 aliphatic heterocycles. The lowest BCUT2D eigenvalue weighted by molar-refractivity contribution is 0.562. The number of rotatable bonds is 2. The van der Waals surface area contributed by atoms with Crippen LogP contribution in [0.3, 0.4) is 0 Å². The standard InChI is InChI=1S/C12H12BrClN4O/c13-8-4-7-19-9(8)10-15-11(14)17-12(16-10)18-5-2-1-3-6-18/h4,7H,1-3,5-6H2. The maximum absolute atomic E-state index is 5.99.